The fourth-order valence-electron chi connectivity index (χ4n) is 1.42. The third kappa shape index (κ3) is 4.59. The lowest BCUT2D eigenvalue weighted by molar-refractivity contribution is -0.142. The predicted octanol–water partition coefficient (Wildman–Crippen LogP) is 3.13. The zero-order valence-corrected chi connectivity index (χ0v) is 12.1. The topological polar surface area (TPSA) is 63.6 Å². The number of carboxylic acid groups (broad SMARTS) is 1. The average Bonchev–Trinajstić information content (AvgIpc) is 2.38. The van der Waals surface area contributed by atoms with Crippen molar-refractivity contribution in [3.05, 3.63) is 29.3 Å². The minimum atomic E-state index is -0.969. The smallest absolute Gasteiger partial charge is 0.335 e. The molecule has 0 heterocycles. The van der Waals surface area contributed by atoms with E-state index >= 15 is 0 Å². The Labute approximate surface area is 117 Å². The van der Waals surface area contributed by atoms with Crippen molar-refractivity contribution >= 4 is 23.7 Å². The van der Waals surface area contributed by atoms with Crippen LogP contribution in [0.5, 0.6) is 0 Å². The maximum Gasteiger partial charge on any atom is 0.335 e. The summed E-state index contributed by atoms with van der Waals surface area (Å²) in [5.41, 5.74) is 1.17. The molecule has 1 atom stereocenters. The second-order valence-electron chi connectivity index (χ2n) is 4.21. The molecule has 0 aliphatic rings. The van der Waals surface area contributed by atoms with E-state index in [0.29, 0.717) is 6.61 Å². The van der Waals surface area contributed by atoms with Crippen LogP contribution in [-0.2, 0) is 9.53 Å². The summed E-state index contributed by atoms with van der Waals surface area (Å²) in [5.74, 6) is -1.24. The number of ether oxygens (including phenoxy) is 1. The van der Waals surface area contributed by atoms with Crippen LogP contribution in [0.2, 0.25) is 0 Å². The van der Waals surface area contributed by atoms with E-state index in [1.54, 1.807) is 25.1 Å². The zero-order valence-electron chi connectivity index (χ0n) is 11.3. The van der Waals surface area contributed by atoms with Crippen molar-refractivity contribution in [3.8, 4) is 0 Å². The Morgan fingerprint density at radius 2 is 2.11 bits per heavy atom. The molecule has 1 aromatic carbocycles. The van der Waals surface area contributed by atoms with Crippen molar-refractivity contribution < 1.29 is 19.4 Å². The number of benzene rings is 1. The van der Waals surface area contributed by atoms with Gasteiger partial charge in [-0.05, 0) is 38.0 Å². The Morgan fingerprint density at radius 1 is 1.42 bits per heavy atom. The second-order valence-corrected chi connectivity index (χ2v) is 5.60. The van der Waals surface area contributed by atoms with Gasteiger partial charge in [0.2, 0.25) is 0 Å². The molecule has 0 saturated carbocycles. The van der Waals surface area contributed by atoms with Gasteiger partial charge in [-0.25, -0.2) is 4.79 Å². The Kier molecular flexibility index (Phi) is 5.89. The van der Waals surface area contributed by atoms with Crippen LogP contribution >= 0.6 is 11.8 Å². The van der Waals surface area contributed by atoms with E-state index in [-0.39, 0.29) is 16.8 Å². The molecule has 0 saturated heterocycles. The van der Waals surface area contributed by atoms with Crippen molar-refractivity contribution in [3.63, 3.8) is 0 Å². The monoisotopic (exact) mass is 282 g/mol. The van der Waals surface area contributed by atoms with Crippen LogP contribution in [0.4, 0.5) is 0 Å². The number of esters is 1. The van der Waals surface area contributed by atoms with Gasteiger partial charge in [-0.3, -0.25) is 4.79 Å². The highest BCUT2D eigenvalue weighted by Crippen LogP contribution is 2.28. The second kappa shape index (κ2) is 7.19. The van der Waals surface area contributed by atoms with E-state index in [9.17, 15) is 9.59 Å². The number of rotatable bonds is 6. The van der Waals surface area contributed by atoms with Crippen molar-refractivity contribution in [2.75, 3.05) is 6.61 Å². The zero-order chi connectivity index (χ0) is 14.4. The molecule has 0 radical (unpaired) electrons. The number of carbonyl (C=O) groups is 2. The summed E-state index contributed by atoms with van der Waals surface area (Å²) < 4.78 is 5.07. The molecule has 0 aromatic heterocycles. The van der Waals surface area contributed by atoms with Crippen LogP contribution in [0.1, 0.15) is 36.2 Å². The number of aromatic carboxylic acids is 1. The highest BCUT2D eigenvalue weighted by Gasteiger charge is 2.17. The molecule has 1 N–H and O–H groups in total. The summed E-state index contributed by atoms with van der Waals surface area (Å²) in [4.78, 5) is 23.4. The highest BCUT2D eigenvalue weighted by atomic mass is 32.2. The van der Waals surface area contributed by atoms with E-state index < -0.39 is 5.97 Å². The quantitative estimate of drug-likeness (QED) is 0.641. The van der Waals surface area contributed by atoms with E-state index in [0.717, 1.165) is 16.9 Å². The number of aryl methyl sites for hydroxylation is 1. The van der Waals surface area contributed by atoms with Crippen molar-refractivity contribution in [2.24, 2.45) is 0 Å². The number of carbonyl (C=O) groups excluding carboxylic acids is 1. The van der Waals surface area contributed by atoms with E-state index in [2.05, 4.69) is 0 Å². The van der Waals surface area contributed by atoms with Gasteiger partial charge in [0.15, 0.2) is 0 Å². The average molecular weight is 282 g/mol. The standard InChI is InChI=1S/C14H18O4S/c1-4-7-18-14(17)10(3)19-12-8-11(13(15)16)6-5-9(12)2/h5-6,8,10H,4,7H2,1-3H3,(H,15,16). The summed E-state index contributed by atoms with van der Waals surface area (Å²) in [5, 5.41) is 8.61. The van der Waals surface area contributed by atoms with Gasteiger partial charge in [-0.15, -0.1) is 11.8 Å². The van der Waals surface area contributed by atoms with Crippen molar-refractivity contribution in [2.45, 2.75) is 37.3 Å². The van der Waals surface area contributed by atoms with E-state index in [1.165, 1.54) is 11.8 Å². The number of carboxylic acids is 1. The molecule has 0 fully saturated rings. The van der Waals surface area contributed by atoms with Crippen molar-refractivity contribution in [1.29, 1.82) is 0 Å². The van der Waals surface area contributed by atoms with Crippen LogP contribution < -0.4 is 0 Å². The van der Waals surface area contributed by atoms with Crippen LogP contribution in [0.15, 0.2) is 23.1 Å². The molecule has 1 unspecified atom stereocenters. The third-order valence-electron chi connectivity index (χ3n) is 2.52. The molecule has 104 valence electrons. The molecular weight excluding hydrogens is 264 g/mol. The normalized spacial score (nSPS) is 11.9. The largest absolute Gasteiger partial charge is 0.478 e. The van der Waals surface area contributed by atoms with Gasteiger partial charge in [-0.2, -0.15) is 0 Å². The molecule has 4 nitrogen and oxygen atoms in total. The maximum atomic E-state index is 11.7. The fraction of sp³-hybridized carbons (Fsp3) is 0.429. The number of hydrogen-bond donors (Lipinski definition) is 1. The molecular formula is C14H18O4S. The summed E-state index contributed by atoms with van der Waals surface area (Å²) in [6.45, 7) is 6.00. The summed E-state index contributed by atoms with van der Waals surface area (Å²) >= 11 is 1.32. The van der Waals surface area contributed by atoms with Crippen LogP contribution in [0.25, 0.3) is 0 Å². The Morgan fingerprint density at radius 3 is 2.68 bits per heavy atom. The van der Waals surface area contributed by atoms with Crippen LogP contribution in [0.3, 0.4) is 0 Å². The third-order valence-corrected chi connectivity index (χ3v) is 3.76. The van der Waals surface area contributed by atoms with Gasteiger partial charge in [0.25, 0.3) is 0 Å². The molecule has 1 aromatic rings. The molecule has 0 aliphatic heterocycles. The SMILES string of the molecule is CCCOC(=O)C(C)Sc1cc(C(=O)O)ccc1C. The van der Waals surface area contributed by atoms with Gasteiger partial charge < -0.3 is 9.84 Å². The molecule has 1 rings (SSSR count). The fourth-order valence-corrected chi connectivity index (χ4v) is 2.41. The Balaban J connectivity index is 2.78. The van der Waals surface area contributed by atoms with Crippen LogP contribution in [-0.4, -0.2) is 28.9 Å². The first kappa shape index (κ1) is 15.6. The number of hydrogen-bond acceptors (Lipinski definition) is 4. The summed E-state index contributed by atoms with van der Waals surface area (Å²) in [6, 6.07) is 4.89. The van der Waals surface area contributed by atoms with Gasteiger partial charge in [0.1, 0.15) is 5.25 Å². The first-order valence-electron chi connectivity index (χ1n) is 6.13. The molecule has 0 aliphatic carbocycles. The molecule has 19 heavy (non-hydrogen) atoms. The highest BCUT2D eigenvalue weighted by molar-refractivity contribution is 8.00. The molecule has 5 heteroatoms. The first-order valence-corrected chi connectivity index (χ1v) is 7.01. The van der Waals surface area contributed by atoms with E-state index in [4.69, 9.17) is 9.84 Å². The van der Waals surface area contributed by atoms with Gasteiger partial charge >= 0.3 is 11.9 Å². The minimum Gasteiger partial charge on any atom is -0.478 e. The minimum absolute atomic E-state index is 0.224. The lowest BCUT2D eigenvalue weighted by Gasteiger charge is -2.12. The predicted molar refractivity (Wildman–Crippen MR) is 74.7 cm³/mol. The lowest BCUT2D eigenvalue weighted by Crippen LogP contribution is -2.17. The van der Waals surface area contributed by atoms with E-state index in [1.807, 2.05) is 13.8 Å². The maximum absolute atomic E-state index is 11.7. The van der Waals surface area contributed by atoms with Gasteiger partial charge in [-0.1, -0.05) is 13.0 Å². The Bertz CT molecular complexity index is 471. The lowest BCUT2D eigenvalue weighted by atomic mass is 10.1. The first-order chi connectivity index (χ1) is 8.95. The Hall–Kier alpha value is -1.49. The molecule has 0 spiro atoms. The summed E-state index contributed by atoms with van der Waals surface area (Å²) in [6.07, 6.45) is 0.788. The van der Waals surface area contributed by atoms with Crippen LogP contribution in [0, 0.1) is 6.92 Å². The molecule has 0 amide bonds. The van der Waals surface area contributed by atoms with Crippen molar-refractivity contribution in [1.82, 2.24) is 0 Å². The summed E-state index contributed by atoms with van der Waals surface area (Å²) in [7, 11) is 0. The number of thioether (sulfide) groups is 1. The van der Waals surface area contributed by atoms with Gasteiger partial charge in [0.05, 0.1) is 12.2 Å². The van der Waals surface area contributed by atoms with Gasteiger partial charge in [0, 0.05) is 4.90 Å². The molecule has 0 bridgehead atoms.